The molecule has 0 bridgehead atoms. The predicted molar refractivity (Wildman–Crippen MR) is 59.8 cm³/mol. The summed E-state index contributed by atoms with van der Waals surface area (Å²) in [6, 6.07) is 0. The van der Waals surface area contributed by atoms with Crippen LogP contribution in [0.15, 0.2) is 23.2 Å². The molecule has 96 valence electrons. The molecule has 0 amide bonds. The van der Waals surface area contributed by atoms with Crippen molar-refractivity contribution in [1.29, 1.82) is 0 Å². The smallest absolute Gasteiger partial charge is 0.227 e. The number of carbonyl (C=O) groups is 2. The number of Topliss-reactive ketones (excluding diaryl/α,β-unsaturated/α-hetero) is 1. The Morgan fingerprint density at radius 1 is 0.778 bits per heavy atom. The Morgan fingerprint density at radius 3 is 1.78 bits per heavy atom. The molecule has 0 aromatic heterocycles. The van der Waals surface area contributed by atoms with Gasteiger partial charge in [0.05, 0.1) is 5.70 Å². The van der Waals surface area contributed by atoms with Crippen LogP contribution in [0.4, 0.5) is 0 Å². The maximum atomic E-state index is 12.4. The lowest BCUT2D eigenvalue weighted by atomic mass is 10.0. The van der Waals surface area contributed by atoms with Crippen molar-refractivity contribution in [2.75, 3.05) is 39.3 Å². The van der Waals surface area contributed by atoms with E-state index in [9.17, 15) is 9.59 Å². The van der Waals surface area contributed by atoms with Gasteiger partial charge in [-0.25, -0.2) is 0 Å². The van der Waals surface area contributed by atoms with E-state index in [0.29, 0.717) is 17.1 Å². The Balaban J connectivity index is 0.000001000. The molecule has 3 aliphatic heterocycles. The number of nitrogens with zero attached hydrogens (tertiary/aromatic N) is 3. The molecule has 18 heavy (non-hydrogen) atoms. The van der Waals surface area contributed by atoms with Crippen LogP contribution in [-0.2, 0) is 9.59 Å². The molecule has 0 unspecified atom stereocenters. The van der Waals surface area contributed by atoms with Gasteiger partial charge in [-0.05, 0) is 0 Å². The van der Waals surface area contributed by atoms with Crippen molar-refractivity contribution in [3.05, 3.63) is 23.2 Å². The molecule has 3 saturated heterocycles. The lowest BCUT2D eigenvalue weighted by Gasteiger charge is -2.21. The minimum atomic E-state index is 0. The first kappa shape index (κ1) is 11.6. The molecule has 0 atom stereocenters. The zero-order valence-electron chi connectivity index (χ0n) is 9.86. The maximum Gasteiger partial charge on any atom is 0.227 e. The summed E-state index contributed by atoms with van der Waals surface area (Å²) in [6.07, 6.45) is 1.52. The van der Waals surface area contributed by atoms with Gasteiger partial charge in [0.15, 0.2) is 0 Å². The van der Waals surface area contributed by atoms with Gasteiger partial charge >= 0.3 is 0 Å². The number of carbonyl (C=O) groups excluding carboxylic acids is 2. The first-order valence-electron chi connectivity index (χ1n) is 6.05. The number of allylic oxidation sites excluding steroid dienone is 1. The van der Waals surface area contributed by atoms with Crippen molar-refractivity contribution in [3.63, 3.8) is 0 Å². The molecule has 5 nitrogen and oxygen atoms in total. The third-order valence-electron chi connectivity index (χ3n) is 3.49. The molecule has 3 fully saturated rings. The summed E-state index contributed by atoms with van der Waals surface area (Å²) in [5.74, 6) is 0.0485. The van der Waals surface area contributed by atoms with Gasteiger partial charge < -0.3 is 27.1 Å². The minimum absolute atomic E-state index is 0. The molecule has 4 aliphatic rings. The SMILES string of the molecule is O=C1C=C(N2CC2)C(=O)C(N2CC2)=C1N1CC1.[Cl-]. The standard InChI is InChI=1S/C12H13N3O2.ClH/c16-9-7-8(13-1-2-13)12(17)11(15-5-6-15)10(9)14-3-4-14;/h7H,1-6H2;1H/p-1. The summed E-state index contributed by atoms with van der Waals surface area (Å²) in [5.41, 5.74) is 1.89. The summed E-state index contributed by atoms with van der Waals surface area (Å²) < 4.78 is 0. The Kier molecular flexibility index (Phi) is 2.41. The molecule has 0 spiro atoms. The second-order valence-corrected chi connectivity index (χ2v) is 4.88. The van der Waals surface area contributed by atoms with E-state index in [-0.39, 0.29) is 24.0 Å². The van der Waals surface area contributed by atoms with E-state index in [0.717, 1.165) is 39.3 Å². The van der Waals surface area contributed by atoms with Crippen LogP contribution in [0.3, 0.4) is 0 Å². The largest absolute Gasteiger partial charge is 1.00 e. The van der Waals surface area contributed by atoms with E-state index in [1.165, 1.54) is 6.08 Å². The zero-order valence-corrected chi connectivity index (χ0v) is 10.6. The molecule has 1 aliphatic carbocycles. The highest BCUT2D eigenvalue weighted by Crippen LogP contribution is 2.33. The predicted octanol–water partition coefficient (Wildman–Crippen LogP) is -3.82. The van der Waals surface area contributed by atoms with Gasteiger partial charge in [0.1, 0.15) is 11.4 Å². The molecule has 6 heteroatoms. The van der Waals surface area contributed by atoms with Crippen LogP contribution in [0.1, 0.15) is 0 Å². The van der Waals surface area contributed by atoms with E-state index in [1.54, 1.807) is 0 Å². The average Bonchev–Trinajstić information content (AvgIpc) is 3.13. The fourth-order valence-electron chi connectivity index (χ4n) is 2.28. The summed E-state index contributed by atoms with van der Waals surface area (Å²) in [4.78, 5) is 30.5. The normalized spacial score (nSPS) is 25.1. The van der Waals surface area contributed by atoms with Gasteiger partial charge in [0.2, 0.25) is 11.6 Å². The molecular weight excluding hydrogens is 254 g/mol. The minimum Gasteiger partial charge on any atom is -1.00 e. The molecule has 0 aromatic rings. The van der Waals surface area contributed by atoms with Crippen molar-refractivity contribution in [1.82, 2.24) is 14.7 Å². The zero-order chi connectivity index (χ0) is 11.6. The molecule has 0 saturated carbocycles. The fraction of sp³-hybridized carbons (Fsp3) is 0.500. The second-order valence-electron chi connectivity index (χ2n) is 4.88. The molecule has 0 N–H and O–H groups in total. The number of ketones is 2. The highest BCUT2D eigenvalue weighted by molar-refractivity contribution is 6.22. The van der Waals surface area contributed by atoms with E-state index in [2.05, 4.69) is 0 Å². The van der Waals surface area contributed by atoms with Gasteiger partial charge in [-0.2, -0.15) is 0 Å². The third-order valence-corrected chi connectivity index (χ3v) is 3.49. The molecular formula is C12H13ClN3O2-. The van der Waals surface area contributed by atoms with Crippen molar-refractivity contribution in [2.45, 2.75) is 0 Å². The number of hydrogen-bond donors (Lipinski definition) is 0. The molecule has 4 rings (SSSR count). The lowest BCUT2D eigenvalue weighted by Crippen LogP contribution is -3.00. The Hall–Kier alpha value is -1.49. The van der Waals surface area contributed by atoms with Crippen molar-refractivity contribution in [3.8, 4) is 0 Å². The second kappa shape index (κ2) is 3.75. The van der Waals surface area contributed by atoms with Crippen LogP contribution >= 0.6 is 0 Å². The van der Waals surface area contributed by atoms with Crippen LogP contribution in [0.5, 0.6) is 0 Å². The van der Waals surface area contributed by atoms with E-state index in [4.69, 9.17) is 0 Å². The first-order chi connectivity index (χ1) is 8.25. The third kappa shape index (κ3) is 1.70. The van der Waals surface area contributed by atoms with Crippen molar-refractivity contribution >= 4 is 11.6 Å². The van der Waals surface area contributed by atoms with E-state index >= 15 is 0 Å². The van der Waals surface area contributed by atoms with Crippen LogP contribution in [0.2, 0.25) is 0 Å². The van der Waals surface area contributed by atoms with Crippen LogP contribution in [0, 0.1) is 0 Å². The van der Waals surface area contributed by atoms with Crippen LogP contribution in [-0.4, -0.2) is 65.5 Å². The molecule has 0 aromatic carbocycles. The van der Waals surface area contributed by atoms with E-state index in [1.807, 2.05) is 14.7 Å². The fourth-order valence-corrected chi connectivity index (χ4v) is 2.28. The first-order valence-corrected chi connectivity index (χ1v) is 6.05. The van der Waals surface area contributed by atoms with Crippen molar-refractivity contribution in [2.24, 2.45) is 0 Å². The highest BCUT2D eigenvalue weighted by atomic mass is 35.5. The lowest BCUT2D eigenvalue weighted by molar-refractivity contribution is -0.117. The molecule has 3 heterocycles. The van der Waals surface area contributed by atoms with Crippen LogP contribution in [0.25, 0.3) is 0 Å². The Bertz CT molecular complexity index is 499. The number of hydrogen-bond acceptors (Lipinski definition) is 5. The average molecular weight is 267 g/mol. The Morgan fingerprint density at radius 2 is 1.28 bits per heavy atom. The topological polar surface area (TPSA) is 43.2 Å². The van der Waals surface area contributed by atoms with Gasteiger partial charge in [-0.1, -0.05) is 0 Å². The highest BCUT2D eigenvalue weighted by Gasteiger charge is 2.43. The summed E-state index contributed by atoms with van der Waals surface area (Å²) in [6.45, 7) is 5.41. The van der Waals surface area contributed by atoms with Gasteiger partial charge in [0.25, 0.3) is 0 Å². The van der Waals surface area contributed by atoms with Gasteiger partial charge in [0, 0.05) is 45.3 Å². The van der Waals surface area contributed by atoms with Crippen LogP contribution < -0.4 is 12.4 Å². The van der Waals surface area contributed by atoms with Crippen molar-refractivity contribution < 1.29 is 22.0 Å². The maximum absolute atomic E-state index is 12.4. The Labute approximate surface area is 111 Å². The number of rotatable bonds is 3. The van der Waals surface area contributed by atoms with E-state index < -0.39 is 0 Å². The van der Waals surface area contributed by atoms with Gasteiger partial charge in [-0.15, -0.1) is 0 Å². The molecule has 0 radical (unpaired) electrons. The summed E-state index contributed by atoms with van der Waals surface area (Å²) >= 11 is 0. The summed E-state index contributed by atoms with van der Waals surface area (Å²) in [5, 5.41) is 0. The quantitative estimate of drug-likeness (QED) is 0.387. The monoisotopic (exact) mass is 266 g/mol. The number of halogens is 1. The summed E-state index contributed by atoms with van der Waals surface area (Å²) in [7, 11) is 0. The van der Waals surface area contributed by atoms with Gasteiger partial charge in [-0.3, -0.25) is 9.59 Å².